The maximum absolute atomic E-state index is 12.5. The summed E-state index contributed by atoms with van der Waals surface area (Å²) >= 11 is 0. The number of nitrogens with zero attached hydrogens (tertiary/aromatic N) is 3. The fourth-order valence-electron chi connectivity index (χ4n) is 2.04. The van der Waals surface area contributed by atoms with Crippen molar-refractivity contribution in [1.29, 1.82) is 0 Å². The fraction of sp³-hybridized carbons (Fsp3) is 0.0667. The molecule has 0 atom stereocenters. The van der Waals surface area contributed by atoms with Crippen molar-refractivity contribution in [1.82, 2.24) is 14.2 Å². The van der Waals surface area contributed by atoms with Crippen LogP contribution in [0, 0.1) is 6.92 Å². The molecule has 0 fully saturated rings. The highest BCUT2D eigenvalue weighted by Crippen LogP contribution is 2.22. The molecular formula is C15H13N3O2S. The van der Waals surface area contributed by atoms with E-state index in [1.807, 2.05) is 13.0 Å². The van der Waals surface area contributed by atoms with Crippen molar-refractivity contribution in [2.45, 2.75) is 11.8 Å². The Morgan fingerprint density at radius 3 is 2.48 bits per heavy atom. The summed E-state index contributed by atoms with van der Waals surface area (Å²) < 4.78 is 26.0. The van der Waals surface area contributed by atoms with Gasteiger partial charge in [0.15, 0.2) is 0 Å². The van der Waals surface area contributed by atoms with Crippen LogP contribution in [0.1, 0.15) is 5.56 Å². The Balaban J connectivity index is 2.10. The average Bonchev–Trinajstić information content (AvgIpc) is 2.92. The van der Waals surface area contributed by atoms with Crippen LogP contribution in [-0.4, -0.2) is 22.6 Å². The predicted molar refractivity (Wildman–Crippen MR) is 79.2 cm³/mol. The summed E-state index contributed by atoms with van der Waals surface area (Å²) in [5, 5.41) is 4.22. The summed E-state index contributed by atoms with van der Waals surface area (Å²) in [5.74, 6) is 0. The van der Waals surface area contributed by atoms with Crippen LogP contribution < -0.4 is 0 Å². The molecule has 0 radical (unpaired) electrons. The average molecular weight is 299 g/mol. The largest absolute Gasteiger partial charge is 0.282 e. The van der Waals surface area contributed by atoms with Gasteiger partial charge in [-0.25, -0.2) is 0 Å². The smallest absolute Gasteiger partial charge is 0.264 e. The highest BCUT2D eigenvalue weighted by atomic mass is 32.2. The van der Waals surface area contributed by atoms with Gasteiger partial charge in [0.2, 0.25) is 0 Å². The Morgan fingerprint density at radius 2 is 1.81 bits per heavy atom. The monoisotopic (exact) mass is 299 g/mol. The third kappa shape index (κ3) is 2.45. The minimum Gasteiger partial charge on any atom is -0.264 e. The van der Waals surface area contributed by atoms with Gasteiger partial charge in [-0.2, -0.15) is 17.6 Å². The molecule has 5 nitrogen and oxygen atoms in total. The van der Waals surface area contributed by atoms with Crippen LogP contribution in [0.4, 0.5) is 0 Å². The van der Waals surface area contributed by atoms with Gasteiger partial charge >= 0.3 is 0 Å². The number of aromatic nitrogens is 3. The Kier molecular flexibility index (Phi) is 3.31. The molecule has 0 N–H and O–H groups in total. The summed E-state index contributed by atoms with van der Waals surface area (Å²) in [6.07, 6.45) is 4.84. The highest BCUT2D eigenvalue weighted by Gasteiger charge is 2.19. The topological polar surface area (TPSA) is 64.8 Å². The lowest BCUT2D eigenvalue weighted by molar-refractivity contribution is 0.580. The van der Waals surface area contributed by atoms with E-state index in [4.69, 9.17) is 0 Å². The molecule has 0 bridgehead atoms. The van der Waals surface area contributed by atoms with E-state index in [1.54, 1.807) is 48.8 Å². The zero-order valence-electron chi connectivity index (χ0n) is 11.3. The Bertz CT molecular complexity index is 856. The third-order valence-electron chi connectivity index (χ3n) is 3.10. The first-order chi connectivity index (χ1) is 10.1. The first-order valence-electron chi connectivity index (χ1n) is 6.36. The summed E-state index contributed by atoms with van der Waals surface area (Å²) in [4.78, 5) is 4.25. The molecule has 21 heavy (non-hydrogen) atoms. The summed E-state index contributed by atoms with van der Waals surface area (Å²) in [6, 6.07) is 11.9. The van der Waals surface area contributed by atoms with Crippen LogP contribution in [0.3, 0.4) is 0 Å². The number of aryl methyl sites for hydroxylation is 1. The minimum atomic E-state index is -3.66. The standard InChI is InChI=1S/C15H13N3O2S/c1-12-11-18(17-15(12)13-6-5-9-16-10-13)21(19,20)14-7-3-2-4-8-14/h2-11H,1H3. The Hall–Kier alpha value is -2.47. The van der Waals surface area contributed by atoms with Crippen LogP contribution in [0.25, 0.3) is 11.3 Å². The highest BCUT2D eigenvalue weighted by molar-refractivity contribution is 7.89. The van der Waals surface area contributed by atoms with Gasteiger partial charge in [0.05, 0.1) is 10.6 Å². The first-order valence-corrected chi connectivity index (χ1v) is 7.80. The van der Waals surface area contributed by atoms with Crippen LogP contribution in [-0.2, 0) is 10.0 Å². The van der Waals surface area contributed by atoms with Gasteiger partial charge in [0.1, 0.15) is 0 Å². The Morgan fingerprint density at radius 1 is 1.05 bits per heavy atom. The fourth-order valence-corrected chi connectivity index (χ4v) is 3.25. The molecule has 0 unspecified atom stereocenters. The Labute approximate surface area is 122 Å². The van der Waals surface area contributed by atoms with E-state index in [0.29, 0.717) is 5.69 Å². The second-order valence-electron chi connectivity index (χ2n) is 4.59. The normalized spacial score (nSPS) is 11.5. The van der Waals surface area contributed by atoms with E-state index in [0.717, 1.165) is 15.2 Å². The van der Waals surface area contributed by atoms with Gasteiger partial charge in [-0.3, -0.25) is 4.98 Å². The first kappa shape index (κ1) is 13.5. The van der Waals surface area contributed by atoms with E-state index in [-0.39, 0.29) is 4.90 Å². The van der Waals surface area contributed by atoms with Crippen molar-refractivity contribution >= 4 is 10.0 Å². The molecular weight excluding hydrogens is 286 g/mol. The van der Waals surface area contributed by atoms with Crippen LogP contribution in [0.15, 0.2) is 66.0 Å². The van der Waals surface area contributed by atoms with Crippen molar-refractivity contribution in [3.8, 4) is 11.3 Å². The maximum atomic E-state index is 12.5. The van der Waals surface area contributed by atoms with Crippen molar-refractivity contribution in [2.75, 3.05) is 0 Å². The molecule has 2 heterocycles. The SMILES string of the molecule is Cc1cn(S(=O)(=O)c2ccccc2)nc1-c1cccnc1. The molecule has 6 heteroatoms. The molecule has 0 aliphatic rings. The summed E-state index contributed by atoms with van der Waals surface area (Å²) in [6.45, 7) is 1.83. The van der Waals surface area contributed by atoms with Gasteiger partial charge in [-0.1, -0.05) is 18.2 Å². The second kappa shape index (κ2) is 5.14. The zero-order chi connectivity index (χ0) is 14.9. The molecule has 1 aromatic carbocycles. The zero-order valence-corrected chi connectivity index (χ0v) is 12.2. The van der Waals surface area contributed by atoms with E-state index in [2.05, 4.69) is 10.1 Å². The van der Waals surface area contributed by atoms with E-state index in [1.165, 1.54) is 6.20 Å². The maximum Gasteiger partial charge on any atom is 0.282 e. The molecule has 2 aromatic heterocycles. The molecule has 0 spiro atoms. The van der Waals surface area contributed by atoms with Crippen LogP contribution in [0.2, 0.25) is 0 Å². The molecule has 106 valence electrons. The van der Waals surface area contributed by atoms with Crippen molar-refractivity contribution < 1.29 is 8.42 Å². The van der Waals surface area contributed by atoms with E-state index in [9.17, 15) is 8.42 Å². The van der Waals surface area contributed by atoms with Gasteiger partial charge in [0, 0.05) is 24.2 Å². The van der Waals surface area contributed by atoms with Gasteiger partial charge in [-0.15, -0.1) is 0 Å². The van der Waals surface area contributed by atoms with E-state index >= 15 is 0 Å². The molecule has 0 amide bonds. The minimum absolute atomic E-state index is 0.213. The molecule has 0 aliphatic carbocycles. The number of hydrogen-bond acceptors (Lipinski definition) is 4. The lowest BCUT2D eigenvalue weighted by atomic mass is 10.1. The quantitative estimate of drug-likeness (QED) is 0.745. The van der Waals surface area contributed by atoms with Gasteiger partial charge in [0.25, 0.3) is 10.0 Å². The van der Waals surface area contributed by atoms with Gasteiger partial charge in [-0.05, 0) is 36.8 Å². The lowest BCUT2D eigenvalue weighted by Crippen LogP contribution is -2.13. The number of pyridine rings is 1. The molecule has 0 aliphatic heterocycles. The lowest BCUT2D eigenvalue weighted by Gasteiger charge is -2.03. The molecule has 3 aromatic rings. The second-order valence-corrected chi connectivity index (χ2v) is 6.39. The summed E-state index contributed by atoms with van der Waals surface area (Å²) in [5.41, 5.74) is 2.18. The van der Waals surface area contributed by atoms with Crippen LogP contribution >= 0.6 is 0 Å². The predicted octanol–water partition coefficient (Wildman–Crippen LogP) is 2.49. The number of benzene rings is 1. The van der Waals surface area contributed by atoms with Crippen molar-refractivity contribution in [3.05, 3.63) is 66.6 Å². The number of hydrogen-bond donors (Lipinski definition) is 0. The van der Waals surface area contributed by atoms with Crippen molar-refractivity contribution in [2.24, 2.45) is 0 Å². The van der Waals surface area contributed by atoms with Gasteiger partial charge < -0.3 is 0 Å². The van der Waals surface area contributed by atoms with Crippen LogP contribution in [0.5, 0.6) is 0 Å². The molecule has 3 rings (SSSR count). The van der Waals surface area contributed by atoms with E-state index < -0.39 is 10.0 Å². The number of rotatable bonds is 3. The summed E-state index contributed by atoms with van der Waals surface area (Å²) in [7, 11) is -3.66. The molecule has 0 saturated carbocycles. The molecule has 0 saturated heterocycles. The van der Waals surface area contributed by atoms with Crippen molar-refractivity contribution in [3.63, 3.8) is 0 Å². The third-order valence-corrected chi connectivity index (χ3v) is 4.65.